The molecule has 0 aliphatic heterocycles. The van der Waals surface area contributed by atoms with Gasteiger partial charge in [-0.1, -0.05) is 0 Å². The van der Waals surface area contributed by atoms with E-state index in [-0.39, 0.29) is 30.2 Å². The van der Waals surface area contributed by atoms with Crippen molar-refractivity contribution < 1.29 is 18.3 Å². The molecular weight excluding hydrogens is 443 g/mol. The smallest absolute Gasteiger partial charge is 0.147 e. The summed E-state index contributed by atoms with van der Waals surface area (Å²) < 4.78 is 8.73. The molecule has 1 aliphatic rings. The normalized spacial score (nSPS) is 19.4. The number of benzene rings is 1. The molecule has 27 heavy (non-hydrogen) atoms. The fourth-order valence-electron chi connectivity index (χ4n) is 4.45. The maximum absolute atomic E-state index is 7.02. The average molecular weight is 482 g/mol. The Kier molecular flexibility index (Phi) is 8.61. The molecule has 0 heterocycles. The Morgan fingerprint density at radius 1 is 1.00 bits per heavy atom. The average Bonchev–Trinajstić information content (AvgIpc) is 2.60. The molecule has 0 saturated heterocycles. The van der Waals surface area contributed by atoms with Gasteiger partial charge in [0.05, 0.1) is 0 Å². The van der Waals surface area contributed by atoms with Gasteiger partial charge in [-0.15, -0.1) is 24.8 Å². The molecule has 0 fully saturated rings. The number of hydrogen-bond donors (Lipinski definition) is 0. The van der Waals surface area contributed by atoms with Crippen molar-refractivity contribution in [1.29, 1.82) is 0 Å². The molecule has 0 spiro atoms. The van der Waals surface area contributed by atoms with Crippen molar-refractivity contribution in [2.24, 2.45) is 5.92 Å². The number of rotatable bonds is 3. The largest absolute Gasteiger partial charge is 0.147 e. The first-order chi connectivity index (χ1) is 11.1. The molecule has 1 unspecified atom stereocenters. The molecule has 0 saturated carbocycles. The van der Waals surface area contributed by atoms with E-state index in [1.165, 1.54) is 11.1 Å². The summed E-state index contributed by atoms with van der Waals surface area (Å²) >= 11 is -3.10. The summed E-state index contributed by atoms with van der Waals surface area (Å²) in [5, 5.41) is 6.64. The van der Waals surface area contributed by atoms with Gasteiger partial charge in [0.1, 0.15) is 0 Å². The SMILES string of the molecule is CC1=C(C)C(C)[C]([Ti]([CH3])([CH3])([SiH3])[O]c2cc(C)cc(C(C)(C)C)c2)=C1[SiH3].Cl.Cl. The zero-order chi connectivity index (χ0) is 19.4. The van der Waals surface area contributed by atoms with Gasteiger partial charge in [0.15, 0.2) is 0 Å². The van der Waals surface area contributed by atoms with Crippen molar-refractivity contribution in [2.75, 3.05) is 0 Å². The van der Waals surface area contributed by atoms with Crippen molar-refractivity contribution >= 4 is 43.2 Å². The van der Waals surface area contributed by atoms with Crippen LogP contribution in [0.1, 0.15) is 52.7 Å². The van der Waals surface area contributed by atoms with Crippen molar-refractivity contribution in [3.05, 3.63) is 49.5 Å². The second-order valence-corrected chi connectivity index (χ2v) is 33.8. The van der Waals surface area contributed by atoms with Crippen LogP contribution in [-0.4, -0.2) is 18.4 Å². The van der Waals surface area contributed by atoms with Crippen LogP contribution in [0.5, 0.6) is 5.75 Å². The van der Waals surface area contributed by atoms with Crippen LogP contribution < -0.4 is 3.32 Å². The van der Waals surface area contributed by atoms with Crippen LogP contribution >= 0.6 is 24.8 Å². The molecular formula is C21H39Cl2OSi2Ti. The van der Waals surface area contributed by atoms with E-state index >= 15 is 0 Å². The molecule has 0 aromatic heterocycles. The van der Waals surface area contributed by atoms with E-state index in [1.54, 1.807) is 20.2 Å². The molecule has 0 radical (unpaired) electrons. The minimum Gasteiger partial charge on any atom is -0.147 e. The summed E-state index contributed by atoms with van der Waals surface area (Å²) in [7, 11) is 2.26. The summed E-state index contributed by atoms with van der Waals surface area (Å²) in [6.07, 6.45) is 0. The number of halogens is 2. The fourth-order valence-corrected chi connectivity index (χ4v) is 21.7. The van der Waals surface area contributed by atoms with Crippen molar-refractivity contribution in [3.8, 4) is 5.75 Å². The van der Waals surface area contributed by atoms with Crippen LogP contribution in [0.2, 0.25) is 10.5 Å². The molecule has 1 atom stereocenters. The predicted octanol–water partition coefficient (Wildman–Crippen LogP) is 5.06. The first-order valence-corrected chi connectivity index (χ1v) is 20.8. The van der Waals surface area contributed by atoms with E-state index in [9.17, 15) is 0 Å². The fraction of sp³-hybridized carbons (Fsp3) is 0.524. The van der Waals surface area contributed by atoms with Gasteiger partial charge in [-0.05, 0) is 0 Å². The van der Waals surface area contributed by atoms with Gasteiger partial charge in [-0.3, -0.25) is 0 Å². The molecule has 155 valence electrons. The Hall–Kier alpha value is 0.228. The van der Waals surface area contributed by atoms with Gasteiger partial charge in [0.2, 0.25) is 0 Å². The summed E-state index contributed by atoms with van der Waals surface area (Å²) in [4.78, 5) is 0. The van der Waals surface area contributed by atoms with Crippen LogP contribution in [0.15, 0.2) is 38.4 Å². The second kappa shape index (κ2) is 8.53. The Balaban J connectivity index is 0.00000338. The third kappa shape index (κ3) is 5.64. The van der Waals surface area contributed by atoms with E-state index in [2.05, 4.69) is 77.1 Å². The molecule has 0 amide bonds. The first kappa shape index (κ1) is 27.2. The zero-order valence-corrected chi connectivity index (χ0v) is 26.2. The molecule has 1 aromatic rings. The van der Waals surface area contributed by atoms with Crippen LogP contribution in [0, 0.1) is 12.8 Å². The maximum Gasteiger partial charge on any atom is -0.147 e. The van der Waals surface area contributed by atoms with Crippen molar-refractivity contribution in [1.82, 2.24) is 0 Å². The molecule has 0 bridgehead atoms. The van der Waals surface area contributed by atoms with Gasteiger partial charge >= 0.3 is 162 Å². The topological polar surface area (TPSA) is 9.23 Å². The summed E-state index contributed by atoms with van der Waals surface area (Å²) in [6, 6.07) is 6.84. The van der Waals surface area contributed by atoms with E-state index in [0.29, 0.717) is 5.92 Å². The third-order valence-electron chi connectivity index (χ3n) is 5.95. The van der Waals surface area contributed by atoms with Gasteiger partial charge in [-0.25, -0.2) is 0 Å². The molecule has 6 heteroatoms. The Labute approximate surface area is 186 Å². The summed E-state index contributed by atoms with van der Waals surface area (Å²) in [6.45, 7) is 16.1. The summed E-state index contributed by atoms with van der Waals surface area (Å²) in [5.74, 6) is 1.67. The van der Waals surface area contributed by atoms with E-state index in [0.717, 1.165) is 24.1 Å². The van der Waals surface area contributed by atoms with Crippen LogP contribution in [0.3, 0.4) is 0 Å². The third-order valence-corrected chi connectivity index (χ3v) is 16.7. The van der Waals surface area contributed by atoms with E-state index in [4.69, 9.17) is 3.32 Å². The maximum atomic E-state index is 7.02. The van der Waals surface area contributed by atoms with Gasteiger partial charge in [-0.2, -0.15) is 0 Å². The molecule has 1 aromatic carbocycles. The number of allylic oxidation sites excluding steroid dienone is 4. The number of hydrogen-bond acceptors (Lipinski definition) is 1. The molecule has 1 nitrogen and oxygen atoms in total. The summed E-state index contributed by atoms with van der Waals surface area (Å²) in [5.41, 5.74) is 5.94. The number of aryl methyl sites for hydroxylation is 1. The van der Waals surface area contributed by atoms with E-state index < -0.39 is 14.9 Å². The second-order valence-electron chi connectivity index (χ2n) is 10.4. The first-order valence-electron chi connectivity index (χ1n) is 9.54. The van der Waals surface area contributed by atoms with Crippen molar-refractivity contribution in [3.63, 3.8) is 0 Å². The molecule has 2 rings (SSSR count). The minimum atomic E-state index is -3.10. The van der Waals surface area contributed by atoms with Crippen LogP contribution in [0.4, 0.5) is 0 Å². The van der Waals surface area contributed by atoms with Gasteiger partial charge in [0.25, 0.3) is 0 Å². The molecule has 1 aliphatic carbocycles. The zero-order valence-electron chi connectivity index (χ0n) is 19.0. The minimum absolute atomic E-state index is 0. The van der Waals surface area contributed by atoms with Crippen molar-refractivity contribution in [2.45, 2.75) is 64.3 Å². The van der Waals surface area contributed by atoms with E-state index in [1.807, 2.05) is 0 Å². The quantitative estimate of drug-likeness (QED) is 0.548. The Morgan fingerprint density at radius 2 is 1.52 bits per heavy atom. The van der Waals surface area contributed by atoms with Crippen LogP contribution in [-0.2, 0) is 20.4 Å². The van der Waals surface area contributed by atoms with Crippen LogP contribution in [0.25, 0.3) is 0 Å². The standard InChI is InChI=1S/C11H16O.C8H13Si.2CH3.2ClH.H3Si.Ti/c1-8-5-9(11(2,3)4)7-10(12)6-8;1-5-4-8(9)7(3)6(5)2;;;;;;/h5-7,12H,1-4H3;5H,1-3,9H3;2*1H3;2*1H;1H3;/q;;;;;;;+1/p-1. The molecule has 0 N–H and O–H groups in total. The van der Waals surface area contributed by atoms with Gasteiger partial charge in [0, 0.05) is 0 Å². The predicted molar refractivity (Wildman–Crippen MR) is 131 cm³/mol. The monoisotopic (exact) mass is 481 g/mol. The van der Waals surface area contributed by atoms with Gasteiger partial charge < -0.3 is 0 Å². The Bertz CT molecular complexity index is 784. The Morgan fingerprint density at radius 3 is 1.93 bits per heavy atom.